The Labute approximate surface area is 145 Å². The second kappa shape index (κ2) is 6.85. The molecule has 0 spiro atoms. The van der Waals surface area contributed by atoms with Crippen LogP contribution in [0.3, 0.4) is 0 Å². The summed E-state index contributed by atoms with van der Waals surface area (Å²) in [5.41, 5.74) is -0.818. The molecule has 1 amide bonds. The minimum Gasteiger partial charge on any atom is -0.481 e. The van der Waals surface area contributed by atoms with Crippen molar-refractivity contribution >= 4 is 34.4 Å². The van der Waals surface area contributed by atoms with Crippen molar-refractivity contribution in [2.45, 2.75) is 24.7 Å². The van der Waals surface area contributed by atoms with Crippen molar-refractivity contribution in [1.29, 1.82) is 0 Å². The summed E-state index contributed by atoms with van der Waals surface area (Å²) in [4.78, 5) is 26.6. The van der Waals surface area contributed by atoms with Gasteiger partial charge in [0.05, 0.1) is 11.2 Å². The molecule has 5 heteroatoms. The molecule has 1 aliphatic heterocycles. The van der Waals surface area contributed by atoms with Crippen LogP contribution in [0, 0.1) is 5.41 Å². The summed E-state index contributed by atoms with van der Waals surface area (Å²) >= 11 is 1.51. The highest BCUT2D eigenvalue weighted by molar-refractivity contribution is 8.00. The first-order valence-corrected chi connectivity index (χ1v) is 9.09. The van der Waals surface area contributed by atoms with E-state index in [2.05, 4.69) is 24.3 Å². The number of piperidine rings is 1. The molecule has 1 unspecified atom stereocenters. The third kappa shape index (κ3) is 3.56. The second-order valence-corrected chi connectivity index (χ2v) is 7.63. The van der Waals surface area contributed by atoms with Gasteiger partial charge >= 0.3 is 5.97 Å². The molecule has 1 atom stereocenters. The Bertz CT molecular complexity index is 776. The van der Waals surface area contributed by atoms with Gasteiger partial charge in [-0.25, -0.2) is 0 Å². The van der Waals surface area contributed by atoms with Crippen LogP contribution in [0.2, 0.25) is 0 Å². The molecule has 1 saturated heterocycles. The maximum Gasteiger partial charge on any atom is 0.311 e. The molecule has 2 aromatic rings. The van der Waals surface area contributed by atoms with Crippen molar-refractivity contribution in [3.63, 3.8) is 0 Å². The molecule has 126 valence electrons. The molecular formula is C19H21NO3S. The smallest absolute Gasteiger partial charge is 0.311 e. The normalized spacial score (nSPS) is 21.0. The van der Waals surface area contributed by atoms with Gasteiger partial charge in [0, 0.05) is 18.0 Å². The predicted octanol–water partition coefficient (Wildman–Crippen LogP) is 3.65. The van der Waals surface area contributed by atoms with E-state index in [0.29, 0.717) is 25.3 Å². The van der Waals surface area contributed by atoms with Crippen LogP contribution in [0.1, 0.15) is 19.8 Å². The van der Waals surface area contributed by atoms with Gasteiger partial charge in [-0.15, -0.1) is 11.8 Å². The van der Waals surface area contributed by atoms with Crippen LogP contribution >= 0.6 is 11.8 Å². The Morgan fingerprint density at radius 2 is 1.96 bits per heavy atom. The van der Waals surface area contributed by atoms with Gasteiger partial charge < -0.3 is 10.0 Å². The summed E-state index contributed by atoms with van der Waals surface area (Å²) in [7, 11) is 0. The number of aliphatic carboxylic acids is 1. The summed E-state index contributed by atoms with van der Waals surface area (Å²) < 4.78 is 0. The number of hydrogen-bond donors (Lipinski definition) is 1. The zero-order valence-corrected chi connectivity index (χ0v) is 14.5. The quantitative estimate of drug-likeness (QED) is 0.861. The van der Waals surface area contributed by atoms with E-state index < -0.39 is 11.4 Å². The maximum absolute atomic E-state index is 12.5. The van der Waals surface area contributed by atoms with Crippen molar-refractivity contribution in [2.24, 2.45) is 5.41 Å². The van der Waals surface area contributed by atoms with Gasteiger partial charge in [0.25, 0.3) is 0 Å². The van der Waals surface area contributed by atoms with Crippen molar-refractivity contribution in [3.8, 4) is 0 Å². The summed E-state index contributed by atoms with van der Waals surface area (Å²) in [6.45, 7) is 2.69. The third-order valence-electron chi connectivity index (χ3n) is 4.65. The Morgan fingerprint density at radius 3 is 2.71 bits per heavy atom. The van der Waals surface area contributed by atoms with E-state index in [1.165, 1.54) is 17.1 Å². The lowest BCUT2D eigenvalue weighted by atomic mass is 9.82. The molecule has 0 bridgehead atoms. The number of carboxylic acid groups (broad SMARTS) is 1. The van der Waals surface area contributed by atoms with Gasteiger partial charge in [-0.05, 0) is 42.7 Å². The van der Waals surface area contributed by atoms with Gasteiger partial charge in [-0.2, -0.15) is 0 Å². The molecule has 1 aliphatic rings. The minimum absolute atomic E-state index is 0.0142. The van der Waals surface area contributed by atoms with Gasteiger partial charge in [-0.3, -0.25) is 9.59 Å². The Hall–Kier alpha value is -2.01. The molecule has 4 nitrogen and oxygen atoms in total. The fourth-order valence-corrected chi connectivity index (χ4v) is 3.97. The van der Waals surface area contributed by atoms with Gasteiger partial charge in [0.2, 0.25) is 5.91 Å². The van der Waals surface area contributed by atoms with Crippen LogP contribution < -0.4 is 0 Å². The van der Waals surface area contributed by atoms with Crippen LogP contribution in [0.4, 0.5) is 0 Å². The Balaban J connectivity index is 1.63. The zero-order valence-electron chi connectivity index (χ0n) is 13.7. The van der Waals surface area contributed by atoms with E-state index in [1.54, 1.807) is 11.8 Å². The Morgan fingerprint density at radius 1 is 1.21 bits per heavy atom. The molecule has 1 heterocycles. The van der Waals surface area contributed by atoms with E-state index in [1.807, 2.05) is 18.2 Å². The lowest BCUT2D eigenvalue weighted by Gasteiger charge is -2.37. The van der Waals surface area contributed by atoms with E-state index in [0.717, 1.165) is 16.7 Å². The van der Waals surface area contributed by atoms with E-state index >= 15 is 0 Å². The van der Waals surface area contributed by atoms with E-state index in [4.69, 9.17) is 0 Å². The second-order valence-electron chi connectivity index (χ2n) is 6.58. The predicted molar refractivity (Wildman–Crippen MR) is 96.2 cm³/mol. The third-order valence-corrected chi connectivity index (χ3v) is 5.63. The SMILES string of the molecule is CC1(C(=O)O)CCCN(C(=O)CSc2ccc3ccccc3c2)C1. The van der Waals surface area contributed by atoms with Crippen molar-refractivity contribution in [1.82, 2.24) is 4.90 Å². The number of nitrogens with zero attached hydrogens (tertiary/aromatic N) is 1. The lowest BCUT2D eigenvalue weighted by molar-refractivity contribution is -0.153. The number of carbonyl (C=O) groups is 2. The first-order valence-electron chi connectivity index (χ1n) is 8.11. The van der Waals surface area contributed by atoms with Crippen LogP contribution in [0.15, 0.2) is 47.4 Å². The molecule has 3 rings (SSSR count). The average Bonchev–Trinajstić information content (AvgIpc) is 2.59. The van der Waals surface area contributed by atoms with Crippen LogP contribution in [-0.4, -0.2) is 40.7 Å². The fourth-order valence-electron chi connectivity index (χ4n) is 3.12. The van der Waals surface area contributed by atoms with E-state index in [-0.39, 0.29) is 5.91 Å². The number of thioether (sulfide) groups is 1. The minimum atomic E-state index is -0.818. The summed E-state index contributed by atoms with van der Waals surface area (Å²) in [6, 6.07) is 14.3. The molecule has 2 aromatic carbocycles. The summed E-state index contributed by atoms with van der Waals surface area (Å²) in [5, 5.41) is 11.7. The average molecular weight is 343 g/mol. The fraction of sp³-hybridized carbons (Fsp3) is 0.368. The topological polar surface area (TPSA) is 57.6 Å². The number of carboxylic acids is 1. The number of carbonyl (C=O) groups excluding carboxylic acids is 1. The molecule has 1 fully saturated rings. The van der Waals surface area contributed by atoms with Gasteiger partial charge in [0.15, 0.2) is 0 Å². The highest BCUT2D eigenvalue weighted by Crippen LogP contribution is 2.30. The number of rotatable bonds is 4. The number of likely N-dealkylation sites (tertiary alicyclic amines) is 1. The number of fused-ring (bicyclic) bond motifs is 1. The van der Waals surface area contributed by atoms with Crippen LogP contribution in [0.5, 0.6) is 0 Å². The van der Waals surface area contributed by atoms with E-state index in [9.17, 15) is 14.7 Å². The standard InChI is InChI=1S/C19H21NO3S/c1-19(18(22)23)9-4-10-20(13-19)17(21)12-24-16-8-7-14-5-2-3-6-15(14)11-16/h2-3,5-8,11H,4,9-10,12-13H2,1H3,(H,22,23). The number of amides is 1. The van der Waals surface area contributed by atoms with Crippen molar-refractivity contribution in [3.05, 3.63) is 42.5 Å². The molecule has 0 aliphatic carbocycles. The lowest BCUT2D eigenvalue weighted by Crippen LogP contribution is -2.48. The molecular weight excluding hydrogens is 322 g/mol. The number of hydrogen-bond acceptors (Lipinski definition) is 3. The Kier molecular flexibility index (Phi) is 4.81. The summed E-state index contributed by atoms with van der Waals surface area (Å²) in [5.74, 6) is -0.462. The van der Waals surface area contributed by atoms with Crippen LogP contribution in [0.25, 0.3) is 10.8 Å². The monoisotopic (exact) mass is 343 g/mol. The summed E-state index contributed by atoms with van der Waals surface area (Å²) in [6.07, 6.45) is 1.37. The first-order chi connectivity index (χ1) is 11.5. The van der Waals surface area contributed by atoms with Gasteiger partial charge in [-0.1, -0.05) is 30.3 Å². The molecule has 0 saturated carbocycles. The van der Waals surface area contributed by atoms with Crippen LogP contribution in [-0.2, 0) is 9.59 Å². The van der Waals surface area contributed by atoms with Crippen molar-refractivity contribution < 1.29 is 14.7 Å². The highest BCUT2D eigenvalue weighted by Gasteiger charge is 2.39. The maximum atomic E-state index is 12.5. The molecule has 1 N–H and O–H groups in total. The molecule has 24 heavy (non-hydrogen) atoms. The largest absolute Gasteiger partial charge is 0.481 e. The number of benzene rings is 2. The molecule has 0 aromatic heterocycles. The van der Waals surface area contributed by atoms with Crippen molar-refractivity contribution in [2.75, 3.05) is 18.8 Å². The first kappa shape index (κ1) is 16.8. The zero-order chi connectivity index (χ0) is 17.2. The van der Waals surface area contributed by atoms with Gasteiger partial charge in [0.1, 0.15) is 0 Å². The molecule has 0 radical (unpaired) electrons. The highest BCUT2D eigenvalue weighted by atomic mass is 32.2.